The van der Waals surface area contributed by atoms with Crippen LogP contribution in [0.1, 0.15) is 28.3 Å². The summed E-state index contributed by atoms with van der Waals surface area (Å²) in [7, 11) is 1.82. The number of ether oxygens (including phenoxy) is 1. The van der Waals surface area contributed by atoms with Gasteiger partial charge in [-0.25, -0.2) is 0 Å². The Bertz CT molecular complexity index is 1010. The molecule has 2 aromatic carbocycles. The molecule has 2 N–H and O–H groups in total. The minimum Gasteiger partial charge on any atom is -0.379 e. The predicted molar refractivity (Wildman–Crippen MR) is 132 cm³/mol. The second-order valence-electron chi connectivity index (χ2n) is 8.35. The molecule has 7 nitrogen and oxygen atoms in total. The molecule has 1 saturated heterocycles. The third-order valence-corrected chi connectivity index (χ3v) is 6.09. The molecule has 3 aromatic rings. The first-order valence-corrected chi connectivity index (χ1v) is 11.6. The number of guanidine groups is 1. The van der Waals surface area contributed by atoms with Crippen LogP contribution in [-0.2, 0) is 17.8 Å². The number of nitrogens with zero attached hydrogens (tertiary/aromatic N) is 4. The van der Waals surface area contributed by atoms with Crippen molar-refractivity contribution in [2.24, 2.45) is 4.99 Å². The van der Waals surface area contributed by atoms with Crippen molar-refractivity contribution >= 4 is 5.96 Å². The lowest BCUT2D eigenvalue weighted by Gasteiger charge is -2.35. The molecular formula is C26H34N6O. The summed E-state index contributed by atoms with van der Waals surface area (Å²) < 4.78 is 7.53. The SMILES string of the molecule is CN=C(NCc1ccccc1Cn1cccn1)NCC(c1ccc(C)cc1)N1CCOCC1. The molecule has 7 heteroatoms. The number of morpholine rings is 1. The number of aromatic nitrogens is 2. The largest absolute Gasteiger partial charge is 0.379 e. The molecule has 4 rings (SSSR count). The van der Waals surface area contributed by atoms with Crippen LogP contribution in [-0.4, -0.2) is 60.5 Å². The van der Waals surface area contributed by atoms with Crippen LogP contribution in [0.15, 0.2) is 72.0 Å². The molecule has 1 aromatic heterocycles. The first-order valence-electron chi connectivity index (χ1n) is 11.6. The maximum Gasteiger partial charge on any atom is 0.191 e. The van der Waals surface area contributed by atoms with Crippen molar-refractivity contribution < 1.29 is 4.74 Å². The summed E-state index contributed by atoms with van der Waals surface area (Å²) in [4.78, 5) is 6.96. The molecule has 174 valence electrons. The van der Waals surface area contributed by atoms with Crippen LogP contribution < -0.4 is 10.6 Å². The average Bonchev–Trinajstić information content (AvgIpc) is 3.37. The van der Waals surface area contributed by atoms with E-state index in [2.05, 4.69) is 81.1 Å². The van der Waals surface area contributed by atoms with E-state index in [9.17, 15) is 0 Å². The van der Waals surface area contributed by atoms with E-state index in [-0.39, 0.29) is 6.04 Å². The molecule has 2 heterocycles. The van der Waals surface area contributed by atoms with E-state index >= 15 is 0 Å². The highest BCUT2D eigenvalue weighted by molar-refractivity contribution is 5.79. The highest BCUT2D eigenvalue weighted by atomic mass is 16.5. The summed E-state index contributed by atoms with van der Waals surface area (Å²) in [5, 5.41) is 11.4. The quantitative estimate of drug-likeness (QED) is 0.411. The summed E-state index contributed by atoms with van der Waals surface area (Å²) >= 11 is 0. The van der Waals surface area contributed by atoms with Gasteiger partial charge in [0.1, 0.15) is 0 Å². The van der Waals surface area contributed by atoms with E-state index in [0.29, 0.717) is 6.54 Å². The Morgan fingerprint density at radius 3 is 2.48 bits per heavy atom. The van der Waals surface area contributed by atoms with E-state index in [1.165, 1.54) is 22.3 Å². The van der Waals surface area contributed by atoms with Gasteiger partial charge in [-0.1, -0.05) is 54.1 Å². The lowest BCUT2D eigenvalue weighted by atomic mass is 10.0. The number of benzene rings is 2. The fraction of sp³-hybridized carbons (Fsp3) is 0.385. The second-order valence-corrected chi connectivity index (χ2v) is 8.35. The van der Waals surface area contributed by atoms with Crippen LogP contribution in [0.5, 0.6) is 0 Å². The number of hydrogen-bond donors (Lipinski definition) is 2. The predicted octanol–water partition coefficient (Wildman–Crippen LogP) is 2.98. The second kappa shape index (κ2) is 11.6. The molecule has 1 aliphatic rings. The zero-order chi connectivity index (χ0) is 22.9. The van der Waals surface area contributed by atoms with Crippen molar-refractivity contribution in [2.75, 3.05) is 39.9 Å². The van der Waals surface area contributed by atoms with Gasteiger partial charge in [-0.15, -0.1) is 0 Å². The molecule has 0 radical (unpaired) electrons. The van der Waals surface area contributed by atoms with Crippen LogP contribution in [0.4, 0.5) is 0 Å². The number of rotatable bonds is 8. The highest BCUT2D eigenvalue weighted by Crippen LogP contribution is 2.22. The molecule has 0 spiro atoms. The number of nitrogens with one attached hydrogen (secondary N) is 2. The smallest absolute Gasteiger partial charge is 0.191 e. The highest BCUT2D eigenvalue weighted by Gasteiger charge is 2.23. The Hall–Kier alpha value is -3.16. The molecule has 33 heavy (non-hydrogen) atoms. The maximum absolute atomic E-state index is 5.58. The first-order chi connectivity index (χ1) is 16.2. The maximum atomic E-state index is 5.58. The zero-order valence-corrected chi connectivity index (χ0v) is 19.6. The third-order valence-electron chi connectivity index (χ3n) is 6.09. The van der Waals surface area contributed by atoms with E-state index in [1.807, 2.05) is 30.2 Å². The van der Waals surface area contributed by atoms with Crippen LogP contribution in [0.25, 0.3) is 0 Å². The molecule has 0 bridgehead atoms. The van der Waals surface area contributed by atoms with Crippen LogP contribution in [0, 0.1) is 6.92 Å². The monoisotopic (exact) mass is 446 g/mol. The van der Waals surface area contributed by atoms with Crippen molar-refractivity contribution in [2.45, 2.75) is 26.1 Å². The summed E-state index contributed by atoms with van der Waals surface area (Å²) in [5.41, 5.74) is 5.07. The Morgan fingerprint density at radius 1 is 1.03 bits per heavy atom. The van der Waals surface area contributed by atoms with Crippen molar-refractivity contribution in [3.63, 3.8) is 0 Å². The van der Waals surface area contributed by atoms with Crippen molar-refractivity contribution in [3.05, 3.63) is 89.2 Å². The number of aryl methyl sites for hydroxylation is 1. The molecule has 0 saturated carbocycles. The van der Waals surface area contributed by atoms with E-state index < -0.39 is 0 Å². The van der Waals surface area contributed by atoms with Gasteiger partial charge in [-0.3, -0.25) is 14.6 Å². The van der Waals surface area contributed by atoms with Gasteiger partial charge in [0.2, 0.25) is 0 Å². The Balaban J connectivity index is 1.39. The van der Waals surface area contributed by atoms with Gasteiger partial charge in [0, 0.05) is 45.6 Å². The topological polar surface area (TPSA) is 66.7 Å². The van der Waals surface area contributed by atoms with E-state index in [0.717, 1.165) is 45.4 Å². The van der Waals surface area contributed by atoms with E-state index in [4.69, 9.17) is 4.74 Å². The van der Waals surface area contributed by atoms with Gasteiger partial charge in [0.25, 0.3) is 0 Å². The molecule has 1 aliphatic heterocycles. The van der Waals surface area contributed by atoms with E-state index in [1.54, 1.807) is 0 Å². The lowest BCUT2D eigenvalue weighted by molar-refractivity contribution is 0.0170. The van der Waals surface area contributed by atoms with Crippen LogP contribution in [0.3, 0.4) is 0 Å². The minimum absolute atomic E-state index is 0.264. The van der Waals surface area contributed by atoms with Gasteiger partial charge in [-0.2, -0.15) is 5.10 Å². The van der Waals surface area contributed by atoms with Gasteiger partial charge < -0.3 is 15.4 Å². The van der Waals surface area contributed by atoms with Crippen molar-refractivity contribution in [1.29, 1.82) is 0 Å². The average molecular weight is 447 g/mol. The van der Waals surface area contributed by atoms with Gasteiger partial charge in [0.15, 0.2) is 5.96 Å². The molecule has 0 amide bonds. The van der Waals surface area contributed by atoms with Crippen molar-refractivity contribution in [3.8, 4) is 0 Å². The first kappa shape index (κ1) is 23.0. The normalized spacial score (nSPS) is 15.9. The molecule has 1 atom stereocenters. The summed E-state index contributed by atoms with van der Waals surface area (Å²) in [5.74, 6) is 0.800. The standard InChI is InChI=1S/C26H34N6O/c1-21-8-10-22(11-9-21)25(31-14-16-33-17-15-31)19-29-26(27-2)28-18-23-6-3-4-7-24(23)20-32-13-5-12-30-32/h3-13,25H,14-20H2,1-2H3,(H2,27,28,29). The molecular weight excluding hydrogens is 412 g/mol. The number of hydrogen-bond acceptors (Lipinski definition) is 4. The van der Waals surface area contributed by atoms with Gasteiger partial charge in [0.05, 0.1) is 25.8 Å². The molecule has 1 fully saturated rings. The Kier molecular flexibility index (Phi) is 8.11. The Morgan fingerprint density at radius 2 is 1.79 bits per heavy atom. The lowest BCUT2D eigenvalue weighted by Crippen LogP contribution is -2.46. The molecule has 0 aliphatic carbocycles. The minimum atomic E-state index is 0.264. The van der Waals surface area contributed by atoms with Crippen LogP contribution in [0.2, 0.25) is 0 Å². The summed E-state index contributed by atoms with van der Waals surface area (Å²) in [6, 6.07) is 19.5. The molecule has 1 unspecified atom stereocenters. The Labute approximate surface area is 196 Å². The van der Waals surface area contributed by atoms with Crippen LogP contribution >= 0.6 is 0 Å². The van der Waals surface area contributed by atoms with Gasteiger partial charge >= 0.3 is 0 Å². The third kappa shape index (κ3) is 6.43. The zero-order valence-electron chi connectivity index (χ0n) is 19.6. The summed E-state index contributed by atoms with van der Waals surface area (Å²) in [6.45, 7) is 7.79. The van der Waals surface area contributed by atoms with Gasteiger partial charge in [-0.05, 0) is 29.7 Å². The fourth-order valence-electron chi connectivity index (χ4n) is 4.18. The summed E-state index contributed by atoms with van der Waals surface area (Å²) in [6.07, 6.45) is 3.80. The van der Waals surface area contributed by atoms with Crippen molar-refractivity contribution in [1.82, 2.24) is 25.3 Å². The fourth-order valence-corrected chi connectivity index (χ4v) is 4.18. The number of aliphatic imine (C=N–C) groups is 1.